The molecule has 2 aliphatic rings. The maximum absolute atomic E-state index is 14.5. The molecule has 0 radical (unpaired) electrons. The van der Waals surface area contributed by atoms with Crippen LogP contribution in [0.15, 0.2) is 54.6 Å². The molecule has 2 fully saturated rings. The number of benzene rings is 3. The zero-order valence-corrected chi connectivity index (χ0v) is 33.8. The number of hydrogen-bond acceptors (Lipinski definition) is 6. The van der Waals surface area contributed by atoms with Gasteiger partial charge >= 0.3 is 12.2 Å². The highest BCUT2D eigenvalue weighted by Gasteiger charge is 2.43. The van der Waals surface area contributed by atoms with Crippen molar-refractivity contribution in [1.29, 1.82) is 0 Å². The average molecular weight is 803 g/mol. The lowest BCUT2D eigenvalue weighted by Gasteiger charge is -2.39. The predicted molar refractivity (Wildman–Crippen MR) is 211 cm³/mol. The average Bonchev–Trinajstić information content (AvgIpc) is 3.96. The topological polar surface area (TPSA) is 109 Å². The fraction of sp³-hybridized carbons (Fsp3) is 0.488. The van der Waals surface area contributed by atoms with Crippen LogP contribution < -0.4 is 9.47 Å². The van der Waals surface area contributed by atoms with Crippen LogP contribution in [0.1, 0.15) is 75.1 Å². The van der Waals surface area contributed by atoms with E-state index in [9.17, 15) is 19.5 Å². The molecule has 0 aromatic heterocycles. The lowest BCUT2D eigenvalue weighted by molar-refractivity contribution is -0.139. The number of piperidine rings is 1. The zero-order valence-electron chi connectivity index (χ0n) is 31.6. The number of likely N-dealkylation sites (N-methyl/N-ethyl adjacent to an activating group) is 1. The summed E-state index contributed by atoms with van der Waals surface area (Å²) in [5, 5.41) is 11.3. The van der Waals surface area contributed by atoms with Gasteiger partial charge in [0.1, 0.15) is 24.6 Å². The fourth-order valence-electron chi connectivity index (χ4n) is 6.76. The highest BCUT2D eigenvalue weighted by molar-refractivity contribution is 6.37. The summed E-state index contributed by atoms with van der Waals surface area (Å²) >= 11 is 19.3. The van der Waals surface area contributed by atoms with Gasteiger partial charge in [0.25, 0.3) is 0 Å². The first-order valence-corrected chi connectivity index (χ1v) is 19.6. The molecule has 1 heterocycles. The number of rotatable bonds is 14. The van der Waals surface area contributed by atoms with E-state index in [0.29, 0.717) is 65.6 Å². The maximum atomic E-state index is 14.5. The monoisotopic (exact) mass is 801 g/mol. The molecule has 13 heteroatoms. The number of aryl methyl sites for hydroxylation is 1. The van der Waals surface area contributed by atoms with E-state index in [0.717, 1.165) is 35.1 Å². The minimum Gasteiger partial charge on any atom is -0.490 e. The van der Waals surface area contributed by atoms with Crippen molar-refractivity contribution in [2.45, 2.75) is 84.4 Å². The molecule has 2 atom stereocenters. The van der Waals surface area contributed by atoms with Gasteiger partial charge in [-0.1, -0.05) is 59.1 Å². The molecular formula is C41H50Cl3N3O7. The Balaban J connectivity index is 1.26. The number of halogens is 3. The van der Waals surface area contributed by atoms with E-state index in [4.69, 9.17) is 49.0 Å². The molecule has 3 aromatic carbocycles. The molecule has 1 aliphatic carbocycles. The van der Waals surface area contributed by atoms with Gasteiger partial charge < -0.3 is 34.0 Å². The molecule has 1 saturated carbocycles. The number of carboxylic acid groups (broad SMARTS) is 1. The number of carbonyl (C=O) groups is 3. The summed E-state index contributed by atoms with van der Waals surface area (Å²) in [7, 11) is 0. The second kappa shape index (κ2) is 18.2. The third-order valence-corrected chi connectivity index (χ3v) is 10.6. The smallest absolute Gasteiger partial charge is 0.410 e. The summed E-state index contributed by atoms with van der Waals surface area (Å²) < 4.78 is 17.3. The first-order valence-electron chi connectivity index (χ1n) is 18.5. The van der Waals surface area contributed by atoms with Gasteiger partial charge in [-0.3, -0.25) is 4.79 Å². The van der Waals surface area contributed by atoms with Crippen LogP contribution in [0.4, 0.5) is 9.59 Å². The number of amides is 3. The lowest BCUT2D eigenvalue weighted by atomic mass is 9.79. The van der Waals surface area contributed by atoms with E-state index in [2.05, 4.69) is 0 Å². The van der Waals surface area contributed by atoms with Crippen molar-refractivity contribution < 1.29 is 33.7 Å². The summed E-state index contributed by atoms with van der Waals surface area (Å²) in [6, 6.07) is 17.0. The third kappa shape index (κ3) is 11.1. The van der Waals surface area contributed by atoms with E-state index in [-0.39, 0.29) is 43.7 Å². The van der Waals surface area contributed by atoms with Gasteiger partial charge in [0.05, 0.1) is 16.0 Å². The third-order valence-electron chi connectivity index (χ3n) is 9.68. The van der Waals surface area contributed by atoms with Crippen molar-refractivity contribution in [2.75, 3.05) is 39.4 Å². The second-order valence-electron chi connectivity index (χ2n) is 15.0. The largest absolute Gasteiger partial charge is 0.490 e. The molecule has 1 saturated heterocycles. The molecular weight excluding hydrogens is 753 g/mol. The summed E-state index contributed by atoms with van der Waals surface area (Å²) in [5.41, 5.74) is 3.10. The van der Waals surface area contributed by atoms with Crippen LogP contribution in [-0.4, -0.2) is 88.9 Å². The summed E-state index contributed by atoms with van der Waals surface area (Å²) in [5.74, 6) is 0.209. The predicted octanol–water partition coefficient (Wildman–Crippen LogP) is 9.49. The van der Waals surface area contributed by atoms with E-state index >= 15 is 0 Å². The molecule has 292 valence electrons. The molecule has 0 spiro atoms. The van der Waals surface area contributed by atoms with Crippen LogP contribution in [0.2, 0.25) is 15.1 Å². The molecule has 0 bridgehead atoms. The van der Waals surface area contributed by atoms with Gasteiger partial charge in [0.2, 0.25) is 5.91 Å². The highest BCUT2D eigenvalue weighted by atomic mass is 35.5. The van der Waals surface area contributed by atoms with Crippen LogP contribution in [-0.2, 0) is 22.5 Å². The Morgan fingerprint density at radius 1 is 0.907 bits per heavy atom. The van der Waals surface area contributed by atoms with Crippen molar-refractivity contribution in [2.24, 2.45) is 5.92 Å². The van der Waals surface area contributed by atoms with Gasteiger partial charge in [-0.2, -0.15) is 0 Å². The van der Waals surface area contributed by atoms with Gasteiger partial charge in [-0.15, -0.1) is 0 Å². The van der Waals surface area contributed by atoms with Crippen molar-refractivity contribution in [3.05, 3.63) is 91.9 Å². The molecule has 5 rings (SSSR count). The van der Waals surface area contributed by atoms with Gasteiger partial charge in [0.15, 0.2) is 5.75 Å². The van der Waals surface area contributed by atoms with Crippen LogP contribution >= 0.6 is 34.8 Å². The second-order valence-corrected chi connectivity index (χ2v) is 16.2. The highest BCUT2D eigenvalue weighted by Crippen LogP contribution is 2.39. The molecule has 3 amide bonds. The van der Waals surface area contributed by atoms with Crippen molar-refractivity contribution in [1.82, 2.24) is 14.7 Å². The first kappa shape index (κ1) is 41.3. The number of likely N-dealkylation sites (tertiary alicyclic amines) is 1. The van der Waals surface area contributed by atoms with Crippen molar-refractivity contribution >= 4 is 52.9 Å². The Morgan fingerprint density at radius 3 is 2.19 bits per heavy atom. The van der Waals surface area contributed by atoms with Crippen LogP contribution in [0.3, 0.4) is 0 Å². The fourth-order valence-corrected chi connectivity index (χ4v) is 7.64. The van der Waals surface area contributed by atoms with Crippen LogP contribution in [0.25, 0.3) is 0 Å². The Kier molecular flexibility index (Phi) is 13.9. The molecule has 10 nitrogen and oxygen atoms in total. The molecule has 54 heavy (non-hydrogen) atoms. The first-order chi connectivity index (χ1) is 25.6. The Morgan fingerprint density at radius 2 is 1.57 bits per heavy atom. The standard InChI is InChI=1S/C41H50Cl3N3O7/c1-6-45(40(51)54-41(3,4)5)17-15-27-7-14-34(42)29(23-27)24-47(30-10-11-30)38(48)33-25-46(39(49)50)18-16-32(33)28-8-12-31(13-9-28)52-19-20-53-37-35(43)21-26(2)22-36(37)44/h7-9,12-14,21-23,30,32-33H,6,10-11,15-20,24-25H2,1-5H3,(H,49,50)/t32-,33+/m1/s1. The van der Waals surface area contributed by atoms with Gasteiger partial charge in [0, 0.05) is 43.8 Å². The SMILES string of the molecule is CCN(CCc1ccc(Cl)c(CN(C(=O)[C@H]2CN(C(=O)O)CC[C@@H]2c2ccc(OCCOc3c(Cl)cc(C)cc3Cl)cc2)C2CC2)c1)C(=O)OC(C)(C)C. The number of hydrogen-bond donors (Lipinski definition) is 1. The minimum absolute atomic E-state index is 0.0588. The minimum atomic E-state index is -1.04. The number of nitrogens with zero attached hydrogens (tertiary/aromatic N) is 3. The van der Waals surface area contributed by atoms with Gasteiger partial charge in [-0.05, 0) is 119 Å². The zero-order chi connectivity index (χ0) is 39.2. The van der Waals surface area contributed by atoms with Crippen molar-refractivity contribution in [3.63, 3.8) is 0 Å². The summed E-state index contributed by atoms with van der Waals surface area (Å²) in [6.07, 6.45) is 1.46. The summed E-state index contributed by atoms with van der Waals surface area (Å²) in [4.78, 5) is 44.3. The van der Waals surface area contributed by atoms with E-state index in [1.165, 1.54) is 4.90 Å². The van der Waals surface area contributed by atoms with Crippen LogP contribution in [0.5, 0.6) is 11.5 Å². The van der Waals surface area contributed by atoms with E-state index in [1.54, 1.807) is 17.0 Å². The summed E-state index contributed by atoms with van der Waals surface area (Å²) in [6.45, 7) is 11.6. The lowest BCUT2D eigenvalue weighted by Crippen LogP contribution is -2.49. The van der Waals surface area contributed by atoms with Gasteiger partial charge in [-0.25, -0.2) is 9.59 Å². The number of carbonyl (C=O) groups excluding carboxylic acids is 2. The molecule has 1 aliphatic heterocycles. The Labute approximate surface area is 333 Å². The quantitative estimate of drug-likeness (QED) is 0.162. The molecule has 0 unspecified atom stereocenters. The van der Waals surface area contributed by atoms with Crippen molar-refractivity contribution in [3.8, 4) is 11.5 Å². The van der Waals surface area contributed by atoms with Crippen LogP contribution in [0, 0.1) is 12.8 Å². The Bertz CT molecular complexity index is 1770. The van der Waals surface area contributed by atoms with E-state index in [1.807, 2.05) is 82.0 Å². The normalized spacial score (nSPS) is 17.1. The molecule has 3 aromatic rings. The number of ether oxygens (including phenoxy) is 3. The van der Waals surface area contributed by atoms with E-state index < -0.39 is 17.6 Å². The molecule has 1 N–H and O–H groups in total. The Hall–Kier alpha value is -3.86. The maximum Gasteiger partial charge on any atom is 0.410 e.